The molecule has 0 unspecified atom stereocenters. The quantitative estimate of drug-likeness (QED) is 0.585. The van der Waals surface area contributed by atoms with Crippen LogP contribution < -0.4 is 10.2 Å². The third kappa shape index (κ3) is 5.84. The minimum Gasteiger partial charge on any atom is -0.465 e. The maximum Gasteiger partial charge on any atom is 0.407 e. The Bertz CT molecular complexity index is 1200. The van der Waals surface area contributed by atoms with Gasteiger partial charge in [0.2, 0.25) is 5.95 Å². The fourth-order valence-electron chi connectivity index (χ4n) is 4.99. The topological polar surface area (TPSA) is 108 Å². The number of hydrogen-bond donors (Lipinski definition) is 2. The van der Waals surface area contributed by atoms with Gasteiger partial charge in [-0.05, 0) is 24.7 Å². The Labute approximate surface area is 231 Å². The lowest BCUT2D eigenvalue weighted by molar-refractivity contribution is 0.120. The Kier molecular flexibility index (Phi) is 7.96. The number of carboxylic acid groups (broad SMARTS) is 1. The predicted molar refractivity (Wildman–Crippen MR) is 146 cm³/mol. The number of likely N-dealkylation sites (N-methyl/N-ethyl adjacent to an activating group) is 1. The van der Waals surface area contributed by atoms with Gasteiger partial charge in [0.25, 0.3) is 0 Å². The zero-order valence-corrected chi connectivity index (χ0v) is 22.9. The summed E-state index contributed by atoms with van der Waals surface area (Å²) in [5.74, 6) is 1.18. The molecule has 5 rings (SSSR count). The van der Waals surface area contributed by atoms with Crippen LogP contribution >= 0.6 is 23.2 Å². The summed E-state index contributed by atoms with van der Waals surface area (Å²) in [4.78, 5) is 43.9. The standard InChI is InChI=1S/C25H32Cl2N8O3/c1-31-6-8-33(9-7-31)24(36)34-12-10-32(11-13-34)23-29-21-4-5-35(25(37)38)16-19(21)22(30-23)28-15-17-2-3-18(26)14-20(17)27/h2-3,14H,4-13,15-16H2,1H3,(H,37,38)(H,28,29,30). The molecule has 2 N–H and O–H groups in total. The number of urea groups is 1. The lowest BCUT2D eigenvalue weighted by Crippen LogP contribution is -2.56. The molecule has 204 valence electrons. The number of nitrogens with one attached hydrogen (secondary N) is 1. The summed E-state index contributed by atoms with van der Waals surface area (Å²) in [6.07, 6.45) is -0.456. The van der Waals surface area contributed by atoms with Gasteiger partial charge in [0.15, 0.2) is 0 Å². The van der Waals surface area contributed by atoms with Gasteiger partial charge in [0.05, 0.1) is 12.2 Å². The zero-order chi connectivity index (χ0) is 26.8. The Hall–Kier alpha value is -3.02. The fraction of sp³-hybridized carbons (Fsp3) is 0.520. The molecule has 4 heterocycles. The molecular formula is C25H32Cl2N8O3. The van der Waals surface area contributed by atoms with Crippen molar-refractivity contribution in [2.45, 2.75) is 19.5 Å². The highest BCUT2D eigenvalue weighted by molar-refractivity contribution is 6.35. The minimum absolute atomic E-state index is 0.0973. The summed E-state index contributed by atoms with van der Waals surface area (Å²) < 4.78 is 0. The average molecular weight is 563 g/mol. The Morgan fingerprint density at radius 2 is 1.63 bits per heavy atom. The van der Waals surface area contributed by atoms with Crippen molar-refractivity contribution in [3.05, 3.63) is 45.1 Å². The molecule has 0 saturated carbocycles. The third-order valence-corrected chi connectivity index (χ3v) is 7.97. The van der Waals surface area contributed by atoms with Crippen LogP contribution in [0.2, 0.25) is 10.0 Å². The second kappa shape index (κ2) is 11.4. The molecule has 0 aliphatic carbocycles. The molecule has 38 heavy (non-hydrogen) atoms. The number of amides is 3. The van der Waals surface area contributed by atoms with Crippen molar-refractivity contribution in [1.82, 2.24) is 29.6 Å². The van der Waals surface area contributed by atoms with Gasteiger partial charge < -0.3 is 34.9 Å². The molecule has 3 aliphatic heterocycles. The predicted octanol–water partition coefficient (Wildman–Crippen LogP) is 2.92. The molecule has 2 aromatic rings. The number of rotatable bonds is 4. The normalized spacial score (nSPS) is 18.4. The highest BCUT2D eigenvalue weighted by Crippen LogP contribution is 2.29. The number of piperazine rings is 2. The number of hydrogen-bond acceptors (Lipinski definition) is 7. The van der Waals surface area contributed by atoms with Gasteiger partial charge in [-0.1, -0.05) is 29.3 Å². The summed E-state index contributed by atoms with van der Waals surface area (Å²) in [7, 11) is 2.07. The number of aromatic nitrogens is 2. The molecule has 2 saturated heterocycles. The molecule has 0 bridgehead atoms. The first-order chi connectivity index (χ1) is 18.3. The van der Waals surface area contributed by atoms with Crippen molar-refractivity contribution in [3.8, 4) is 0 Å². The van der Waals surface area contributed by atoms with Crippen LogP contribution in [0.1, 0.15) is 16.8 Å². The zero-order valence-electron chi connectivity index (χ0n) is 21.4. The highest BCUT2D eigenvalue weighted by atomic mass is 35.5. The monoisotopic (exact) mass is 562 g/mol. The van der Waals surface area contributed by atoms with E-state index in [0.717, 1.165) is 43.0 Å². The molecule has 0 atom stereocenters. The van der Waals surface area contributed by atoms with E-state index in [4.69, 9.17) is 33.2 Å². The number of carbonyl (C=O) groups excluding carboxylic acids is 1. The third-order valence-electron chi connectivity index (χ3n) is 7.39. The van der Waals surface area contributed by atoms with Crippen LogP contribution in [0.4, 0.5) is 21.4 Å². The van der Waals surface area contributed by atoms with Crippen molar-refractivity contribution in [2.24, 2.45) is 0 Å². The SMILES string of the molecule is CN1CCN(C(=O)N2CCN(c3nc4c(c(NCc5ccc(Cl)cc5Cl)n3)CN(C(=O)O)CC4)CC2)CC1. The molecule has 0 spiro atoms. The number of anilines is 2. The molecule has 3 amide bonds. The smallest absolute Gasteiger partial charge is 0.407 e. The van der Waals surface area contributed by atoms with E-state index in [1.807, 2.05) is 15.9 Å². The molecule has 11 nitrogen and oxygen atoms in total. The minimum atomic E-state index is -0.965. The number of carbonyl (C=O) groups is 2. The van der Waals surface area contributed by atoms with E-state index in [9.17, 15) is 14.7 Å². The summed E-state index contributed by atoms with van der Waals surface area (Å²) in [5.41, 5.74) is 2.47. The van der Waals surface area contributed by atoms with E-state index in [0.29, 0.717) is 67.5 Å². The Morgan fingerprint density at radius 1 is 0.947 bits per heavy atom. The van der Waals surface area contributed by atoms with Crippen molar-refractivity contribution < 1.29 is 14.7 Å². The first-order valence-corrected chi connectivity index (χ1v) is 13.6. The lowest BCUT2D eigenvalue weighted by Gasteiger charge is -2.40. The number of fused-ring (bicyclic) bond motifs is 1. The van der Waals surface area contributed by atoms with Crippen LogP contribution in [0.25, 0.3) is 0 Å². The number of nitrogens with zero attached hydrogens (tertiary/aromatic N) is 7. The molecule has 1 aromatic carbocycles. The van der Waals surface area contributed by atoms with Crippen LogP contribution in [0, 0.1) is 0 Å². The molecular weight excluding hydrogens is 531 g/mol. The summed E-state index contributed by atoms with van der Waals surface area (Å²) in [5, 5.41) is 14.0. The van der Waals surface area contributed by atoms with E-state index in [-0.39, 0.29) is 12.6 Å². The molecule has 0 radical (unpaired) electrons. The largest absolute Gasteiger partial charge is 0.465 e. The van der Waals surface area contributed by atoms with Gasteiger partial charge in [0.1, 0.15) is 5.82 Å². The van der Waals surface area contributed by atoms with Crippen molar-refractivity contribution >= 4 is 47.1 Å². The molecule has 1 aromatic heterocycles. The molecule has 13 heteroatoms. The van der Waals surface area contributed by atoms with Crippen molar-refractivity contribution in [2.75, 3.05) is 76.2 Å². The van der Waals surface area contributed by atoms with Crippen LogP contribution in [0.15, 0.2) is 18.2 Å². The molecule has 2 fully saturated rings. The van der Waals surface area contributed by atoms with Gasteiger partial charge in [-0.3, -0.25) is 0 Å². The lowest BCUT2D eigenvalue weighted by atomic mass is 10.1. The Morgan fingerprint density at radius 3 is 2.29 bits per heavy atom. The summed E-state index contributed by atoms with van der Waals surface area (Å²) >= 11 is 12.4. The maximum absolute atomic E-state index is 13.0. The number of halogens is 2. The fourth-order valence-corrected chi connectivity index (χ4v) is 5.47. The second-order valence-corrected chi connectivity index (χ2v) is 10.7. The van der Waals surface area contributed by atoms with Crippen molar-refractivity contribution in [3.63, 3.8) is 0 Å². The van der Waals surface area contributed by atoms with E-state index < -0.39 is 6.09 Å². The first-order valence-electron chi connectivity index (χ1n) is 12.8. The summed E-state index contributed by atoms with van der Waals surface area (Å²) in [6, 6.07) is 5.42. The Balaban J connectivity index is 1.32. The van der Waals surface area contributed by atoms with Crippen LogP contribution in [-0.4, -0.2) is 113 Å². The van der Waals surface area contributed by atoms with Crippen LogP contribution in [0.5, 0.6) is 0 Å². The maximum atomic E-state index is 13.0. The van der Waals surface area contributed by atoms with Gasteiger partial charge >= 0.3 is 12.1 Å². The van der Waals surface area contributed by atoms with Crippen LogP contribution in [0.3, 0.4) is 0 Å². The van der Waals surface area contributed by atoms with Gasteiger partial charge in [-0.15, -0.1) is 0 Å². The molecule has 3 aliphatic rings. The van der Waals surface area contributed by atoms with Gasteiger partial charge in [0, 0.05) is 87.5 Å². The van der Waals surface area contributed by atoms with Gasteiger partial charge in [-0.2, -0.15) is 4.98 Å². The number of benzene rings is 1. The van der Waals surface area contributed by atoms with E-state index >= 15 is 0 Å². The average Bonchev–Trinajstić information content (AvgIpc) is 2.92. The van der Waals surface area contributed by atoms with E-state index in [1.54, 1.807) is 12.1 Å². The van der Waals surface area contributed by atoms with E-state index in [2.05, 4.69) is 22.2 Å². The van der Waals surface area contributed by atoms with E-state index in [1.165, 1.54) is 4.90 Å². The van der Waals surface area contributed by atoms with Crippen molar-refractivity contribution in [1.29, 1.82) is 0 Å². The first kappa shape index (κ1) is 26.6. The highest BCUT2D eigenvalue weighted by Gasteiger charge is 2.30. The second-order valence-electron chi connectivity index (χ2n) is 9.89. The van der Waals surface area contributed by atoms with Crippen LogP contribution in [-0.2, 0) is 19.5 Å². The summed E-state index contributed by atoms with van der Waals surface area (Å²) in [6.45, 7) is 6.75. The van der Waals surface area contributed by atoms with Gasteiger partial charge in [-0.25, -0.2) is 14.6 Å².